The number of carbonyl (C=O) groups is 2. The average Bonchev–Trinajstić information content (AvgIpc) is 3.25. The molecule has 1 N–H and O–H groups in total. The summed E-state index contributed by atoms with van der Waals surface area (Å²) in [6.07, 6.45) is 13.5. The second-order valence-electron chi connectivity index (χ2n) is 9.74. The highest BCUT2D eigenvalue weighted by atomic mass is 16.2. The maximum atomic E-state index is 12.9. The van der Waals surface area contributed by atoms with Gasteiger partial charge in [0.2, 0.25) is 11.8 Å². The van der Waals surface area contributed by atoms with Crippen LogP contribution in [-0.4, -0.2) is 83.4 Å². The van der Waals surface area contributed by atoms with E-state index in [0.29, 0.717) is 12.1 Å². The highest BCUT2D eigenvalue weighted by molar-refractivity contribution is 5.87. The molecule has 0 aromatic heterocycles. The Labute approximate surface area is 176 Å². The molecule has 4 rings (SSSR count). The summed E-state index contributed by atoms with van der Waals surface area (Å²) in [6.45, 7) is 6.43. The Morgan fingerprint density at radius 3 is 2.03 bits per heavy atom. The van der Waals surface area contributed by atoms with Crippen LogP contribution in [0.2, 0.25) is 0 Å². The van der Waals surface area contributed by atoms with Crippen LogP contribution in [0.1, 0.15) is 77.6 Å². The smallest absolute Gasteiger partial charge is 0.245 e. The lowest BCUT2D eigenvalue weighted by Gasteiger charge is -2.43. The third kappa shape index (κ3) is 5.13. The summed E-state index contributed by atoms with van der Waals surface area (Å²) in [5.41, 5.74) is 0. The molecule has 3 heterocycles. The lowest BCUT2D eigenvalue weighted by Crippen LogP contribution is -2.54. The molecule has 0 unspecified atom stereocenters. The van der Waals surface area contributed by atoms with E-state index in [4.69, 9.17) is 0 Å². The van der Waals surface area contributed by atoms with Crippen molar-refractivity contribution in [3.8, 4) is 0 Å². The quantitative estimate of drug-likeness (QED) is 0.782. The van der Waals surface area contributed by atoms with Gasteiger partial charge in [-0.2, -0.15) is 0 Å². The van der Waals surface area contributed by atoms with Gasteiger partial charge in [-0.05, 0) is 64.5 Å². The summed E-state index contributed by atoms with van der Waals surface area (Å²) < 4.78 is 0. The largest absolute Gasteiger partial charge is 0.341 e. The van der Waals surface area contributed by atoms with Gasteiger partial charge < -0.3 is 20.0 Å². The molecular formula is C23H40N4O2. The number of hydrogen-bond acceptors (Lipinski definition) is 4. The Balaban J connectivity index is 1.19. The van der Waals surface area contributed by atoms with Crippen LogP contribution in [-0.2, 0) is 9.59 Å². The predicted octanol–water partition coefficient (Wildman–Crippen LogP) is 2.38. The average molecular weight is 405 g/mol. The van der Waals surface area contributed by atoms with E-state index in [1.54, 1.807) is 11.8 Å². The Hall–Kier alpha value is -1.14. The molecule has 0 aromatic rings. The normalized spacial score (nSPS) is 28.8. The molecule has 2 amide bonds. The second-order valence-corrected chi connectivity index (χ2v) is 9.74. The molecule has 6 nitrogen and oxygen atoms in total. The third-order valence-electron chi connectivity index (χ3n) is 7.84. The van der Waals surface area contributed by atoms with Gasteiger partial charge >= 0.3 is 0 Å². The highest BCUT2D eigenvalue weighted by Gasteiger charge is 2.37. The molecule has 164 valence electrons. The molecule has 29 heavy (non-hydrogen) atoms. The van der Waals surface area contributed by atoms with Crippen molar-refractivity contribution in [3.63, 3.8) is 0 Å². The number of rotatable bonds is 4. The van der Waals surface area contributed by atoms with Crippen LogP contribution in [0.25, 0.3) is 0 Å². The van der Waals surface area contributed by atoms with E-state index >= 15 is 0 Å². The molecule has 0 aromatic carbocycles. The van der Waals surface area contributed by atoms with Crippen molar-refractivity contribution in [1.82, 2.24) is 20.0 Å². The summed E-state index contributed by atoms with van der Waals surface area (Å²) in [5.74, 6) is 0.229. The molecule has 0 radical (unpaired) electrons. The van der Waals surface area contributed by atoms with E-state index in [1.165, 1.54) is 58.0 Å². The van der Waals surface area contributed by atoms with Crippen LogP contribution >= 0.6 is 0 Å². The fourth-order valence-electron chi connectivity index (χ4n) is 6.10. The number of amides is 2. The van der Waals surface area contributed by atoms with Crippen LogP contribution < -0.4 is 5.32 Å². The highest BCUT2D eigenvalue weighted by Crippen LogP contribution is 2.26. The van der Waals surface area contributed by atoms with Crippen LogP contribution in [0, 0.1) is 0 Å². The Kier molecular flexibility index (Phi) is 7.12. The van der Waals surface area contributed by atoms with Crippen molar-refractivity contribution in [2.24, 2.45) is 0 Å². The fraction of sp³-hybridized carbons (Fsp3) is 0.913. The van der Waals surface area contributed by atoms with Gasteiger partial charge in [0.05, 0.1) is 0 Å². The monoisotopic (exact) mass is 404 g/mol. The van der Waals surface area contributed by atoms with Crippen LogP contribution in [0.3, 0.4) is 0 Å². The third-order valence-corrected chi connectivity index (χ3v) is 7.84. The minimum atomic E-state index is -0.203. The number of nitrogens with zero attached hydrogens (tertiary/aromatic N) is 3. The SMILES string of the molecule is CC(=O)N1CCC[C@@H]1C(=O)N1CCC(N2CCC(NC3CCCCC3)CC2)CC1. The lowest BCUT2D eigenvalue weighted by atomic mass is 9.92. The molecule has 0 bridgehead atoms. The van der Waals surface area contributed by atoms with Crippen molar-refractivity contribution in [2.75, 3.05) is 32.7 Å². The summed E-state index contributed by atoms with van der Waals surface area (Å²) >= 11 is 0. The molecule has 1 atom stereocenters. The van der Waals surface area contributed by atoms with Crippen LogP contribution in [0.15, 0.2) is 0 Å². The van der Waals surface area contributed by atoms with Gasteiger partial charge in [0, 0.05) is 44.7 Å². The predicted molar refractivity (Wildman–Crippen MR) is 115 cm³/mol. The molecule has 0 spiro atoms. The first kappa shape index (κ1) is 21.1. The fourth-order valence-corrected chi connectivity index (χ4v) is 6.10. The van der Waals surface area contributed by atoms with Gasteiger partial charge in [0.1, 0.15) is 6.04 Å². The number of hydrogen-bond donors (Lipinski definition) is 1. The zero-order valence-electron chi connectivity index (χ0n) is 18.3. The standard InChI is InChI=1S/C23H40N4O2/c1-18(28)27-13-5-8-22(27)23(29)26-16-11-21(12-17-26)25-14-9-20(10-15-25)24-19-6-3-2-4-7-19/h19-22,24H,2-17H2,1H3/t22-/m1/s1. The van der Waals surface area contributed by atoms with Gasteiger partial charge in [-0.15, -0.1) is 0 Å². The molecule has 1 aliphatic carbocycles. The van der Waals surface area contributed by atoms with Crippen molar-refractivity contribution < 1.29 is 9.59 Å². The number of carbonyl (C=O) groups excluding carboxylic acids is 2. The van der Waals surface area contributed by atoms with Gasteiger partial charge in [0.15, 0.2) is 0 Å². The topological polar surface area (TPSA) is 55.9 Å². The zero-order valence-corrected chi connectivity index (χ0v) is 18.3. The number of nitrogens with one attached hydrogen (secondary N) is 1. The molecule has 3 aliphatic heterocycles. The maximum absolute atomic E-state index is 12.9. The summed E-state index contributed by atoms with van der Waals surface area (Å²) in [5, 5.41) is 3.94. The number of piperidine rings is 2. The Bertz CT molecular complexity index is 561. The van der Waals surface area contributed by atoms with Crippen molar-refractivity contribution in [3.05, 3.63) is 0 Å². The molecule has 1 saturated carbocycles. The zero-order chi connectivity index (χ0) is 20.2. The first-order valence-corrected chi connectivity index (χ1v) is 12.2. The first-order chi connectivity index (χ1) is 14.1. The van der Waals surface area contributed by atoms with Crippen molar-refractivity contribution >= 4 is 11.8 Å². The van der Waals surface area contributed by atoms with Gasteiger partial charge in [-0.1, -0.05) is 19.3 Å². The van der Waals surface area contributed by atoms with Crippen LogP contribution in [0.4, 0.5) is 0 Å². The summed E-state index contributed by atoms with van der Waals surface area (Å²) in [7, 11) is 0. The lowest BCUT2D eigenvalue weighted by molar-refractivity contribution is -0.144. The van der Waals surface area contributed by atoms with Crippen LogP contribution in [0.5, 0.6) is 0 Å². The summed E-state index contributed by atoms with van der Waals surface area (Å²) in [6, 6.07) is 1.89. The number of likely N-dealkylation sites (tertiary alicyclic amines) is 3. The molecule has 6 heteroatoms. The van der Waals surface area contributed by atoms with E-state index in [9.17, 15) is 9.59 Å². The minimum absolute atomic E-state index is 0.0421. The van der Waals surface area contributed by atoms with E-state index in [-0.39, 0.29) is 17.9 Å². The van der Waals surface area contributed by atoms with Gasteiger partial charge in [-0.3, -0.25) is 9.59 Å². The minimum Gasteiger partial charge on any atom is -0.341 e. The van der Waals surface area contributed by atoms with E-state index in [0.717, 1.165) is 51.4 Å². The van der Waals surface area contributed by atoms with Crippen molar-refractivity contribution in [2.45, 2.75) is 102 Å². The Morgan fingerprint density at radius 2 is 1.38 bits per heavy atom. The van der Waals surface area contributed by atoms with E-state index in [2.05, 4.69) is 10.2 Å². The second kappa shape index (κ2) is 9.78. The van der Waals surface area contributed by atoms with Gasteiger partial charge in [0.25, 0.3) is 0 Å². The molecule has 4 aliphatic rings. The maximum Gasteiger partial charge on any atom is 0.245 e. The van der Waals surface area contributed by atoms with Gasteiger partial charge in [-0.25, -0.2) is 0 Å². The van der Waals surface area contributed by atoms with E-state index in [1.807, 2.05) is 4.90 Å². The summed E-state index contributed by atoms with van der Waals surface area (Å²) in [4.78, 5) is 31.2. The Morgan fingerprint density at radius 1 is 0.724 bits per heavy atom. The van der Waals surface area contributed by atoms with E-state index < -0.39 is 0 Å². The molecule has 4 fully saturated rings. The van der Waals surface area contributed by atoms with Crippen molar-refractivity contribution in [1.29, 1.82) is 0 Å². The first-order valence-electron chi connectivity index (χ1n) is 12.2. The molecular weight excluding hydrogens is 364 g/mol. The molecule has 3 saturated heterocycles.